The summed E-state index contributed by atoms with van der Waals surface area (Å²) < 4.78 is 5.04. The molecule has 0 spiro atoms. The van der Waals surface area contributed by atoms with E-state index in [9.17, 15) is 9.59 Å². The maximum absolute atomic E-state index is 12.5. The maximum atomic E-state index is 12.5. The molecule has 0 N–H and O–H groups in total. The molecular weight excluding hydrogens is 288 g/mol. The van der Waals surface area contributed by atoms with Crippen LogP contribution in [0.2, 0.25) is 0 Å². The highest BCUT2D eigenvalue weighted by Gasteiger charge is 2.34. The molecule has 22 heavy (non-hydrogen) atoms. The van der Waals surface area contributed by atoms with Crippen LogP contribution in [0.3, 0.4) is 0 Å². The fourth-order valence-electron chi connectivity index (χ4n) is 1.89. The number of benzene rings is 1. The average Bonchev–Trinajstić information content (AvgIpc) is 2.63. The summed E-state index contributed by atoms with van der Waals surface area (Å²) in [5, 5.41) is 4.32. The first-order valence-corrected chi connectivity index (χ1v) is 6.88. The predicted octanol–water partition coefficient (Wildman–Crippen LogP) is 2.10. The molecule has 0 radical (unpaired) electrons. The summed E-state index contributed by atoms with van der Waals surface area (Å²) in [5.74, 6) is -0.573. The number of nitrogens with zero attached hydrogens (tertiary/aromatic N) is 2. The van der Waals surface area contributed by atoms with Gasteiger partial charge < -0.3 is 9.57 Å². The Labute approximate surface area is 128 Å². The van der Waals surface area contributed by atoms with Crippen molar-refractivity contribution in [2.24, 2.45) is 11.1 Å². The van der Waals surface area contributed by atoms with Crippen LogP contribution in [-0.2, 0) is 25.8 Å². The molecule has 0 fully saturated rings. The van der Waals surface area contributed by atoms with Gasteiger partial charge in [0.2, 0.25) is 0 Å². The Morgan fingerprint density at radius 3 is 2.82 bits per heavy atom. The Kier molecular flexibility index (Phi) is 5.11. The number of fused-ring (bicyclic) bond motifs is 1. The number of carbonyl (C=O) groups excluding carboxylic acids is 2. The summed E-state index contributed by atoms with van der Waals surface area (Å²) in [4.78, 5) is 34.5. The van der Waals surface area contributed by atoms with Crippen molar-refractivity contribution in [3.63, 3.8) is 0 Å². The van der Waals surface area contributed by atoms with Gasteiger partial charge in [-0.1, -0.05) is 43.3 Å². The van der Waals surface area contributed by atoms with Gasteiger partial charge in [0, 0.05) is 5.56 Å². The average molecular weight is 306 g/mol. The lowest BCUT2D eigenvalue weighted by atomic mass is 10.0. The third kappa shape index (κ3) is 3.43. The monoisotopic (exact) mass is 306 g/mol. The quantitative estimate of drug-likeness (QED) is 0.799. The molecule has 1 aromatic rings. The van der Waals surface area contributed by atoms with Gasteiger partial charge >= 0.3 is 12.0 Å². The molecule has 1 aromatic carbocycles. The van der Waals surface area contributed by atoms with E-state index in [-0.39, 0.29) is 24.8 Å². The number of rotatable bonds is 3. The highest BCUT2D eigenvalue weighted by molar-refractivity contribution is 6.46. The summed E-state index contributed by atoms with van der Waals surface area (Å²) in [6.07, 6.45) is -0.865. The van der Waals surface area contributed by atoms with Gasteiger partial charge in [0.05, 0.1) is 6.61 Å². The fraction of sp³-hybridized carbons (Fsp3) is 0.400. The van der Waals surface area contributed by atoms with Crippen molar-refractivity contribution in [2.45, 2.75) is 20.5 Å². The van der Waals surface area contributed by atoms with Crippen LogP contribution >= 0.6 is 0 Å². The lowest BCUT2D eigenvalue weighted by Gasteiger charge is -2.17. The van der Waals surface area contributed by atoms with Crippen molar-refractivity contribution in [1.29, 1.82) is 0 Å². The van der Waals surface area contributed by atoms with E-state index in [1.807, 2.05) is 19.9 Å². The first-order chi connectivity index (χ1) is 10.5. The molecule has 1 heterocycles. The molecule has 0 atom stereocenters. The van der Waals surface area contributed by atoms with Crippen LogP contribution in [0, 0.1) is 5.92 Å². The van der Waals surface area contributed by atoms with Crippen molar-refractivity contribution in [2.75, 3.05) is 13.7 Å². The van der Waals surface area contributed by atoms with Crippen molar-refractivity contribution >= 4 is 17.7 Å². The highest BCUT2D eigenvalue weighted by atomic mass is 16.7. The van der Waals surface area contributed by atoms with Crippen LogP contribution in [-0.4, -0.2) is 36.5 Å². The minimum absolute atomic E-state index is 0.00269. The van der Waals surface area contributed by atoms with Gasteiger partial charge in [-0.25, -0.2) is 4.79 Å². The van der Waals surface area contributed by atoms with Crippen LogP contribution in [0.5, 0.6) is 0 Å². The molecular formula is C15H18N2O5. The molecule has 1 aliphatic rings. The summed E-state index contributed by atoms with van der Waals surface area (Å²) in [5.41, 5.74) is 1.29. The molecule has 1 aliphatic heterocycles. The Hall–Kier alpha value is -2.41. The van der Waals surface area contributed by atoms with E-state index in [2.05, 4.69) is 5.16 Å². The maximum Gasteiger partial charge on any atom is 0.441 e. The Morgan fingerprint density at radius 1 is 1.41 bits per heavy atom. The highest BCUT2D eigenvalue weighted by Crippen LogP contribution is 2.19. The second-order valence-corrected chi connectivity index (χ2v) is 5.12. The van der Waals surface area contributed by atoms with E-state index in [4.69, 9.17) is 14.4 Å². The van der Waals surface area contributed by atoms with Crippen LogP contribution in [0.4, 0.5) is 4.79 Å². The standard InChI is InChI=1S/C15H18N2O5/c1-10(2)8-21-15(19)17-14(18)13(16-20-3)12-7-5-4-6-11(12)9-22-17/h4-7,10H,8-9H2,1-3H3/b16-13+. The fourth-order valence-corrected chi connectivity index (χ4v) is 1.89. The van der Waals surface area contributed by atoms with Gasteiger partial charge in [0.25, 0.3) is 0 Å². The second-order valence-electron chi connectivity index (χ2n) is 5.12. The molecule has 118 valence electrons. The normalized spacial score (nSPS) is 16.5. The lowest BCUT2D eigenvalue weighted by molar-refractivity contribution is -0.170. The van der Waals surface area contributed by atoms with E-state index in [1.165, 1.54) is 7.11 Å². The van der Waals surface area contributed by atoms with Gasteiger partial charge in [0.1, 0.15) is 13.7 Å². The largest absolute Gasteiger partial charge is 0.447 e. The SMILES string of the molecule is CO/N=C1/C(=O)N(C(=O)OCC(C)C)OCc2ccccc21. The minimum Gasteiger partial charge on any atom is -0.447 e. The van der Waals surface area contributed by atoms with Gasteiger partial charge in [-0.15, -0.1) is 5.06 Å². The second kappa shape index (κ2) is 7.04. The summed E-state index contributed by atoms with van der Waals surface area (Å²) in [6.45, 7) is 4.04. The Bertz CT molecular complexity index is 597. The Balaban J connectivity index is 2.29. The molecule has 7 heteroatoms. The number of ether oxygens (including phenoxy) is 1. The molecule has 0 aromatic heterocycles. The number of hydrogen-bond donors (Lipinski definition) is 0. The molecule has 2 rings (SSSR count). The van der Waals surface area contributed by atoms with Crippen LogP contribution in [0.25, 0.3) is 0 Å². The zero-order valence-corrected chi connectivity index (χ0v) is 12.7. The minimum atomic E-state index is -0.865. The topological polar surface area (TPSA) is 77.4 Å². The third-order valence-electron chi connectivity index (χ3n) is 2.90. The molecule has 0 unspecified atom stereocenters. The zero-order valence-electron chi connectivity index (χ0n) is 12.7. The first-order valence-electron chi connectivity index (χ1n) is 6.88. The van der Waals surface area contributed by atoms with E-state index in [0.29, 0.717) is 10.6 Å². The van der Waals surface area contributed by atoms with Crippen molar-refractivity contribution in [3.8, 4) is 0 Å². The lowest BCUT2D eigenvalue weighted by Crippen LogP contribution is -2.40. The molecule has 0 bridgehead atoms. The number of hydrogen-bond acceptors (Lipinski definition) is 6. The van der Waals surface area contributed by atoms with Crippen LogP contribution in [0.15, 0.2) is 29.4 Å². The summed E-state index contributed by atoms with van der Waals surface area (Å²) in [6, 6.07) is 7.09. The predicted molar refractivity (Wildman–Crippen MR) is 77.8 cm³/mol. The number of amides is 2. The molecule has 0 saturated carbocycles. The zero-order chi connectivity index (χ0) is 16.1. The molecule has 0 saturated heterocycles. The number of oxime groups is 1. The van der Waals surface area contributed by atoms with Crippen LogP contribution in [0.1, 0.15) is 25.0 Å². The van der Waals surface area contributed by atoms with E-state index >= 15 is 0 Å². The van der Waals surface area contributed by atoms with Gasteiger partial charge in [0.15, 0.2) is 5.71 Å². The van der Waals surface area contributed by atoms with E-state index in [1.54, 1.807) is 18.2 Å². The Morgan fingerprint density at radius 2 is 2.14 bits per heavy atom. The first kappa shape index (κ1) is 16.0. The smallest absolute Gasteiger partial charge is 0.441 e. The van der Waals surface area contributed by atoms with Gasteiger partial charge in [-0.05, 0) is 11.5 Å². The van der Waals surface area contributed by atoms with Crippen molar-refractivity contribution < 1.29 is 24.0 Å². The molecule has 7 nitrogen and oxygen atoms in total. The number of hydroxylamine groups is 2. The number of carbonyl (C=O) groups is 2. The summed E-state index contributed by atoms with van der Waals surface area (Å²) >= 11 is 0. The van der Waals surface area contributed by atoms with Crippen LogP contribution < -0.4 is 0 Å². The van der Waals surface area contributed by atoms with Gasteiger partial charge in [-0.3, -0.25) is 9.63 Å². The molecule has 0 aliphatic carbocycles. The van der Waals surface area contributed by atoms with Gasteiger partial charge in [-0.2, -0.15) is 0 Å². The van der Waals surface area contributed by atoms with Crippen molar-refractivity contribution in [1.82, 2.24) is 5.06 Å². The summed E-state index contributed by atoms with van der Waals surface area (Å²) in [7, 11) is 1.33. The third-order valence-corrected chi connectivity index (χ3v) is 2.90. The van der Waals surface area contributed by atoms with E-state index in [0.717, 1.165) is 5.56 Å². The van der Waals surface area contributed by atoms with Crippen molar-refractivity contribution in [3.05, 3.63) is 35.4 Å². The number of imide groups is 1. The molecule has 2 amide bonds. The van der Waals surface area contributed by atoms with E-state index < -0.39 is 12.0 Å².